The van der Waals surface area contributed by atoms with Gasteiger partial charge in [0.05, 0.1) is 0 Å². The maximum absolute atomic E-state index is 12.7. The van der Waals surface area contributed by atoms with E-state index in [1.54, 1.807) is 18.7 Å². The number of methoxy groups -OCH3 is 1. The number of carbonyl (C=O) groups is 2. The fourth-order valence-corrected chi connectivity index (χ4v) is 3.72. The Labute approximate surface area is 183 Å². The average Bonchev–Trinajstić information content (AvgIpc) is 2.99. The third-order valence-electron chi connectivity index (χ3n) is 5.36. The summed E-state index contributed by atoms with van der Waals surface area (Å²) in [7, 11) is 6.71. The first-order chi connectivity index (χ1) is 12.8. The molecule has 3 amide bonds. The van der Waals surface area contributed by atoms with Crippen LogP contribution in [0.5, 0.6) is 0 Å². The van der Waals surface area contributed by atoms with Gasteiger partial charge in [-0.2, -0.15) is 0 Å². The van der Waals surface area contributed by atoms with Crippen LogP contribution >= 0.6 is 24.8 Å². The molecule has 3 rings (SSSR count). The van der Waals surface area contributed by atoms with Gasteiger partial charge in [0.15, 0.2) is 6.61 Å². The SMILES string of the molecule is COCC1=[N+](CC(O)CN2CCN(C)CC2)C2C(=O)N(C)C(=O)N(C)C2=N1.Cl.Cl. The molecular weight excluding hydrogens is 423 g/mol. The number of aliphatic hydroxyl groups excluding tert-OH is 1. The van der Waals surface area contributed by atoms with Crippen molar-refractivity contribution in [2.45, 2.75) is 12.1 Å². The minimum atomic E-state index is -0.704. The number of amidine groups is 2. The molecule has 3 aliphatic rings. The van der Waals surface area contributed by atoms with Gasteiger partial charge in [-0.25, -0.2) is 9.37 Å². The number of imide groups is 1. The minimum absolute atomic E-state index is 0. The van der Waals surface area contributed by atoms with Crippen molar-refractivity contribution in [3.63, 3.8) is 0 Å². The van der Waals surface area contributed by atoms with Crippen LogP contribution in [0.1, 0.15) is 0 Å². The molecule has 0 spiro atoms. The normalized spacial score (nSPS) is 24.2. The molecule has 0 saturated carbocycles. The first-order valence-corrected chi connectivity index (χ1v) is 9.17. The van der Waals surface area contributed by atoms with E-state index in [4.69, 9.17) is 4.74 Å². The van der Waals surface area contributed by atoms with Crippen molar-refractivity contribution in [1.29, 1.82) is 0 Å². The van der Waals surface area contributed by atoms with Gasteiger partial charge in [0.1, 0.15) is 12.6 Å². The Morgan fingerprint density at radius 1 is 1.14 bits per heavy atom. The number of aliphatic imine (C=N–C) groups is 1. The molecule has 0 radical (unpaired) electrons. The van der Waals surface area contributed by atoms with E-state index >= 15 is 0 Å². The zero-order valence-corrected chi connectivity index (χ0v) is 18.9. The summed E-state index contributed by atoms with van der Waals surface area (Å²) in [6.45, 7) is 4.77. The summed E-state index contributed by atoms with van der Waals surface area (Å²) in [5.41, 5.74) is 0. The van der Waals surface area contributed by atoms with Crippen molar-refractivity contribution in [1.82, 2.24) is 19.6 Å². The highest BCUT2D eigenvalue weighted by atomic mass is 35.5. The number of aliphatic hydroxyl groups is 1. The van der Waals surface area contributed by atoms with E-state index in [1.165, 1.54) is 11.9 Å². The summed E-state index contributed by atoms with van der Waals surface area (Å²) in [5, 5.41) is 10.7. The summed E-state index contributed by atoms with van der Waals surface area (Å²) in [6.07, 6.45) is -0.643. The standard InChI is InChI=1S/C17H29N6O4.2ClH/c1-19-5-7-22(8-6-19)9-12(24)10-23-13(11-27-4)18-15-14(23)16(25)21(3)17(26)20(15)2;;/h12,14,24H,5-11H2,1-4H3;2*1H/q+1;;. The van der Waals surface area contributed by atoms with E-state index in [-0.39, 0.29) is 43.9 Å². The highest BCUT2D eigenvalue weighted by Gasteiger charge is 2.53. The topological polar surface area (TPSA) is 91.9 Å². The molecule has 2 fully saturated rings. The smallest absolute Gasteiger partial charge is 0.333 e. The Morgan fingerprint density at radius 3 is 2.34 bits per heavy atom. The van der Waals surface area contributed by atoms with Crippen LogP contribution in [0.15, 0.2) is 4.99 Å². The van der Waals surface area contributed by atoms with E-state index in [1.807, 2.05) is 0 Å². The Kier molecular flexibility index (Phi) is 9.45. The van der Waals surface area contributed by atoms with Crippen LogP contribution in [0.2, 0.25) is 0 Å². The fourth-order valence-electron chi connectivity index (χ4n) is 3.72. The second-order valence-corrected chi connectivity index (χ2v) is 7.37. The van der Waals surface area contributed by atoms with Crippen molar-refractivity contribution in [3.8, 4) is 0 Å². The van der Waals surface area contributed by atoms with Crippen LogP contribution in [-0.4, -0.2) is 139 Å². The Bertz CT molecular complexity index is 681. The number of urea groups is 1. The van der Waals surface area contributed by atoms with E-state index < -0.39 is 18.2 Å². The quantitative estimate of drug-likeness (QED) is 0.507. The number of fused-ring (bicyclic) bond motifs is 1. The van der Waals surface area contributed by atoms with Crippen LogP contribution in [0.4, 0.5) is 4.79 Å². The molecule has 3 aliphatic heterocycles. The number of amides is 3. The maximum atomic E-state index is 12.7. The maximum Gasteiger partial charge on any atom is 0.333 e. The monoisotopic (exact) mass is 453 g/mol. The summed E-state index contributed by atoms with van der Waals surface area (Å²) in [5.74, 6) is 0.606. The molecule has 0 aliphatic carbocycles. The van der Waals surface area contributed by atoms with Crippen LogP contribution in [0.25, 0.3) is 0 Å². The summed E-state index contributed by atoms with van der Waals surface area (Å²) >= 11 is 0. The number of hydrogen-bond donors (Lipinski definition) is 1. The van der Waals surface area contributed by atoms with Crippen molar-refractivity contribution in [2.24, 2.45) is 4.99 Å². The van der Waals surface area contributed by atoms with Gasteiger partial charge >= 0.3 is 11.9 Å². The van der Waals surface area contributed by atoms with Crippen LogP contribution in [0, 0.1) is 0 Å². The van der Waals surface area contributed by atoms with Crippen molar-refractivity contribution < 1.29 is 24.0 Å². The molecule has 12 heteroatoms. The molecule has 0 bridgehead atoms. The van der Waals surface area contributed by atoms with Crippen LogP contribution in [0.3, 0.4) is 0 Å². The van der Waals surface area contributed by atoms with Crippen molar-refractivity contribution in [3.05, 3.63) is 0 Å². The third-order valence-corrected chi connectivity index (χ3v) is 5.36. The predicted molar refractivity (Wildman–Crippen MR) is 114 cm³/mol. The Morgan fingerprint density at radius 2 is 1.76 bits per heavy atom. The molecule has 1 N–H and O–H groups in total. The van der Waals surface area contributed by atoms with Gasteiger partial charge in [-0.15, -0.1) is 24.8 Å². The van der Waals surface area contributed by atoms with Gasteiger partial charge in [-0.05, 0) is 12.0 Å². The summed E-state index contributed by atoms with van der Waals surface area (Å²) in [4.78, 5) is 36.4. The molecule has 0 aromatic heterocycles. The lowest BCUT2D eigenvalue weighted by molar-refractivity contribution is -0.545. The molecule has 166 valence electrons. The zero-order valence-electron chi connectivity index (χ0n) is 17.3. The van der Waals surface area contributed by atoms with E-state index in [9.17, 15) is 14.7 Å². The van der Waals surface area contributed by atoms with Gasteiger partial charge in [0.2, 0.25) is 0 Å². The molecular formula is C17H31Cl2N6O4+. The number of rotatable bonds is 6. The average molecular weight is 454 g/mol. The van der Waals surface area contributed by atoms with Crippen molar-refractivity contribution >= 4 is 48.4 Å². The molecule has 29 heavy (non-hydrogen) atoms. The molecule has 2 unspecified atom stereocenters. The van der Waals surface area contributed by atoms with E-state index in [2.05, 4.69) is 21.8 Å². The van der Waals surface area contributed by atoms with E-state index in [0.717, 1.165) is 31.1 Å². The first kappa shape index (κ1) is 25.7. The highest BCUT2D eigenvalue weighted by molar-refractivity contribution is 6.22. The Balaban J connectivity index is 0.00000210. The highest BCUT2D eigenvalue weighted by Crippen LogP contribution is 2.19. The second-order valence-electron chi connectivity index (χ2n) is 7.37. The lowest BCUT2D eigenvalue weighted by Crippen LogP contribution is -2.62. The van der Waals surface area contributed by atoms with Gasteiger partial charge in [0, 0.05) is 53.9 Å². The largest absolute Gasteiger partial charge is 0.388 e. The number of ether oxygens (including phenoxy) is 1. The number of nitrogens with zero attached hydrogens (tertiary/aromatic N) is 6. The van der Waals surface area contributed by atoms with Gasteiger partial charge < -0.3 is 14.7 Å². The molecule has 2 saturated heterocycles. The number of carbonyl (C=O) groups excluding carboxylic acids is 2. The molecule has 10 nitrogen and oxygen atoms in total. The van der Waals surface area contributed by atoms with Gasteiger partial charge in [-0.3, -0.25) is 19.5 Å². The fraction of sp³-hybridized carbons (Fsp3) is 0.765. The molecule has 3 heterocycles. The second kappa shape index (κ2) is 10.6. The minimum Gasteiger partial charge on any atom is -0.388 e. The number of likely N-dealkylation sites (N-methyl/N-ethyl adjacent to an activating group) is 3. The molecule has 0 aromatic carbocycles. The first-order valence-electron chi connectivity index (χ1n) is 9.17. The van der Waals surface area contributed by atoms with Crippen LogP contribution in [-0.2, 0) is 9.53 Å². The van der Waals surface area contributed by atoms with Crippen LogP contribution < -0.4 is 0 Å². The van der Waals surface area contributed by atoms with Gasteiger partial charge in [0.25, 0.3) is 17.8 Å². The predicted octanol–water partition coefficient (Wildman–Crippen LogP) is -1.20. The number of β-amino-alcohol motifs (C(OH)–C–C–N with tert-alkyl or cyclic N) is 1. The lowest BCUT2D eigenvalue weighted by atomic mass is 10.1. The summed E-state index contributed by atoms with van der Waals surface area (Å²) < 4.78 is 6.98. The zero-order chi connectivity index (χ0) is 19.7. The third kappa shape index (κ3) is 5.25. The number of halogens is 2. The molecule has 0 aromatic rings. The summed E-state index contributed by atoms with van der Waals surface area (Å²) in [6, 6.07) is -1.11. The number of piperazine rings is 1. The lowest BCUT2D eigenvalue weighted by Gasteiger charge is -2.34. The number of hydrogen-bond acceptors (Lipinski definition) is 7. The van der Waals surface area contributed by atoms with E-state index in [0.29, 0.717) is 18.2 Å². The van der Waals surface area contributed by atoms with Crippen molar-refractivity contribution in [2.75, 3.05) is 74.1 Å². The Hall–Kier alpha value is -1.30. The van der Waals surface area contributed by atoms with Gasteiger partial charge in [-0.1, -0.05) is 0 Å². The molecule has 2 atom stereocenters.